The second-order valence-corrected chi connectivity index (χ2v) is 5.31. The van der Waals surface area contributed by atoms with Gasteiger partial charge in [0.15, 0.2) is 0 Å². The quantitative estimate of drug-likeness (QED) is 0.709. The number of aromatic amines is 1. The first kappa shape index (κ1) is 12.8. The number of H-pyrrole nitrogens is 1. The predicted molar refractivity (Wildman–Crippen MR) is 84.5 cm³/mol. The fraction of sp³-hybridized carbons (Fsp3) is 0.0625. The summed E-state index contributed by atoms with van der Waals surface area (Å²) in [6, 6.07) is 15.6. The van der Waals surface area contributed by atoms with Gasteiger partial charge in [-0.1, -0.05) is 18.2 Å². The molecule has 20 heavy (non-hydrogen) atoms. The standard InChI is InChI=1S/C16H14N2OS/c1-20-12-8-6-11(7-9-12)18-16(19)14-10-17-15-5-3-2-4-13(14)15/h2-10,17H,1H3,(H,18,19). The average molecular weight is 282 g/mol. The number of para-hydroxylation sites is 1. The van der Waals surface area contributed by atoms with Crippen molar-refractivity contribution in [2.75, 3.05) is 11.6 Å². The Balaban J connectivity index is 1.85. The Hall–Kier alpha value is -2.20. The summed E-state index contributed by atoms with van der Waals surface area (Å²) in [5, 5.41) is 3.86. The number of anilines is 1. The maximum absolute atomic E-state index is 12.3. The minimum absolute atomic E-state index is 0.0978. The van der Waals surface area contributed by atoms with Crippen molar-refractivity contribution in [3.63, 3.8) is 0 Å². The molecule has 0 fully saturated rings. The number of rotatable bonds is 3. The van der Waals surface area contributed by atoms with E-state index in [1.54, 1.807) is 18.0 Å². The van der Waals surface area contributed by atoms with E-state index in [-0.39, 0.29) is 5.91 Å². The molecule has 0 bridgehead atoms. The maximum atomic E-state index is 12.3. The number of benzene rings is 2. The van der Waals surface area contributed by atoms with Crippen LogP contribution in [0.3, 0.4) is 0 Å². The van der Waals surface area contributed by atoms with Crippen molar-refractivity contribution in [1.82, 2.24) is 4.98 Å². The second kappa shape index (κ2) is 5.43. The summed E-state index contributed by atoms with van der Waals surface area (Å²) in [4.78, 5) is 16.6. The van der Waals surface area contributed by atoms with E-state index in [2.05, 4.69) is 10.3 Å². The molecule has 3 rings (SSSR count). The number of carbonyl (C=O) groups is 1. The summed E-state index contributed by atoms with van der Waals surface area (Å²) in [5.41, 5.74) is 2.43. The molecule has 3 aromatic rings. The second-order valence-electron chi connectivity index (χ2n) is 4.43. The summed E-state index contributed by atoms with van der Waals surface area (Å²) in [7, 11) is 0. The minimum Gasteiger partial charge on any atom is -0.360 e. The van der Waals surface area contributed by atoms with Gasteiger partial charge in [0.2, 0.25) is 0 Å². The highest BCUT2D eigenvalue weighted by molar-refractivity contribution is 7.98. The Morgan fingerprint density at radius 3 is 2.60 bits per heavy atom. The van der Waals surface area contributed by atoms with Crippen molar-refractivity contribution < 1.29 is 4.79 Å². The molecular weight excluding hydrogens is 268 g/mol. The number of carbonyl (C=O) groups excluding carboxylic acids is 1. The number of thioether (sulfide) groups is 1. The molecule has 2 aromatic carbocycles. The van der Waals surface area contributed by atoms with Gasteiger partial charge in [-0.15, -0.1) is 11.8 Å². The van der Waals surface area contributed by atoms with Crippen LogP contribution in [0.1, 0.15) is 10.4 Å². The lowest BCUT2D eigenvalue weighted by Crippen LogP contribution is -2.11. The van der Waals surface area contributed by atoms with Gasteiger partial charge in [0.25, 0.3) is 5.91 Å². The predicted octanol–water partition coefficient (Wildman–Crippen LogP) is 4.14. The highest BCUT2D eigenvalue weighted by Gasteiger charge is 2.11. The van der Waals surface area contributed by atoms with E-state index >= 15 is 0 Å². The van der Waals surface area contributed by atoms with Crippen LogP contribution in [0.2, 0.25) is 0 Å². The minimum atomic E-state index is -0.0978. The Morgan fingerprint density at radius 1 is 1.10 bits per heavy atom. The molecule has 2 N–H and O–H groups in total. The van der Waals surface area contributed by atoms with Crippen LogP contribution in [0.15, 0.2) is 59.6 Å². The lowest BCUT2D eigenvalue weighted by Gasteiger charge is -2.05. The number of fused-ring (bicyclic) bond motifs is 1. The topological polar surface area (TPSA) is 44.9 Å². The zero-order chi connectivity index (χ0) is 13.9. The summed E-state index contributed by atoms with van der Waals surface area (Å²) >= 11 is 1.68. The SMILES string of the molecule is CSc1ccc(NC(=O)c2c[nH]c3ccccc23)cc1. The van der Waals surface area contributed by atoms with Gasteiger partial charge in [-0.25, -0.2) is 0 Å². The third-order valence-electron chi connectivity index (χ3n) is 3.18. The third kappa shape index (κ3) is 2.42. The van der Waals surface area contributed by atoms with Gasteiger partial charge in [0.1, 0.15) is 0 Å². The Labute approximate surface area is 121 Å². The molecule has 0 atom stereocenters. The van der Waals surface area contributed by atoms with Crippen LogP contribution < -0.4 is 5.32 Å². The molecular formula is C16H14N2OS. The first-order valence-electron chi connectivity index (χ1n) is 6.29. The zero-order valence-corrected chi connectivity index (χ0v) is 11.8. The van der Waals surface area contributed by atoms with Gasteiger partial charge in [-0.3, -0.25) is 4.79 Å². The molecule has 1 heterocycles. The molecule has 3 nitrogen and oxygen atoms in total. The van der Waals surface area contributed by atoms with Crippen molar-refractivity contribution >= 4 is 34.3 Å². The first-order valence-corrected chi connectivity index (χ1v) is 7.52. The Kier molecular flexibility index (Phi) is 3.48. The Bertz CT molecular complexity index is 747. The monoisotopic (exact) mass is 282 g/mol. The van der Waals surface area contributed by atoms with Gasteiger partial charge in [0.05, 0.1) is 5.56 Å². The van der Waals surface area contributed by atoms with E-state index in [1.165, 1.54) is 4.90 Å². The molecule has 0 radical (unpaired) electrons. The summed E-state index contributed by atoms with van der Waals surface area (Å²) in [6.45, 7) is 0. The Morgan fingerprint density at radius 2 is 1.85 bits per heavy atom. The molecule has 1 amide bonds. The van der Waals surface area contributed by atoms with E-state index in [1.807, 2.05) is 54.8 Å². The molecule has 0 aliphatic heterocycles. The van der Waals surface area contributed by atoms with Crippen LogP contribution in [-0.4, -0.2) is 17.1 Å². The van der Waals surface area contributed by atoms with E-state index in [9.17, 15) is 4.79 Å². The van der Waals surface area contributed by atoms with Crippen molar-refractivity contribution in [1.29, 1.82) is 0 Å². The lowest BCUT2D eigenvalue weighted by atomic mass is 10.1. The number of hydrogen-bond acceptors (Lipinski definition) is 2. The number of amides is 1. The van der Waals surface area contributed by atoms with Crippen LogP contribution in [0, 0.1) is 0 Å². The largest absolute Gasteiger partial charge is 0.360 e. The number of hydrogen-bond donors (Lipinski definition) is 2. The van der Waals surface area contributed by atoms with Gasteiger partial charge < -0.3 is 10.3 Å². The van der Waals surface area contributed by atoms with Crippen LogP contribution in [0.4, 0.5) is 5.69 Å². The molecule has 0 unspecified atom stereocenters. The number of nitrogens with one attached hydrogen (secondary N) is 2. The van der Waals surface area contributed by atoms with Crippen molar-refractivity contribution in [3.8, 4) is 0 Å². The van der Waals surface area contributed by atoms with Crippen molar-refractivity contribution in [2.24, 2.45) is 0 Å². The van der Waals surface area contributed by atoms with Crippen molar-refractivity contribution in [2.45, 2.75) is 4.90 Å². The van der Waals surface area contributed by atoms with Crippen LogP contribution in [-0.2, 0) is 0 Å². The molecule has 0 aliphatic carbocycles. The van der Waals surface area contributed by atoms with Crippen LogP contribution in [0.25, 0.3) is 10.9 Å². The van der Waals surface area contributed by atoms with Crippen LogP contribution >= 0.6 is 11.8 Å². The van der Waals surface area contributed by atoms with E-state index in [0.717, 1.165) is 16.6 Å². The number of aromatic nitrogens is 1. The van der Waals surface area contributed by atoms with E-state index in [4.69, 9.17) is 0 Å². The third-order valence-corrected chi connectivity index (χ3v) is 3.93. The van der Waals surface area contributed by atoms with Gasteiger partial charge >= 0.3 is 0 Å². The average Bonchev–Trinajstić information content (AvgIpc) is 2.92. The zero-order valence-electron chi connectivity index (χ0n) is 11.0. The fourth-order valence-electron chi connectivity index (χ4n) is 2.13. The van der Waals surface area contributed by atoms with Gasteiger partial charge in [-0.2, -0.15) is 0 Å². The summed E-state index contributed by atoms with van der Waals surface area (Å²) < 4.78 is 0. The maximum Gasteiger partial charge on any atom is 0.257 e. The first-order chi connectivity index (χ1) is 9.78. The molecule has 4 heteroatoms. The van der Waals surface area contributed by atoms with Gasteiger partial charge in [-0.05, 0) is 36.6 Å². The molecule has 0 spiro atoms. The molecule has 100 valence electrons. The smallest absolute Gasteiger partial charge is 0.257 e. The highest BCUT2D eigenvalue weighted by atomic mass is 32.2. The fourth-order valence-corrected chi connectivity index (χ4v) is 2.54. The van der Waals surface area contributed by atoms with E-state index in [0.29, 0.717) is 5.56 Å². The normalized spacial score (nSPS) is 10.7. The molecule has 0 saturated heterocycles. The molecule has 0 aliphatic rings. The highest BCUT2D eigenvalue weighted by Crippen LogP contribution is 2.21. The summed E-state index contributed by atoms with van der Waals surface area (Å²) in [5.74, 6) is -0.0978. The molecule has 1 aromatic heterocycles. The van der Waals surface area contributed by atoms with Crippen LogP contribution in [0.5, 0.6) is 0 Å². The molecule has 0 saturated carbocycles. The summed E-state index contributed by atoms with van der Waals surface area (Å²) in [6.07, 6.45) is 3.77. The lowest BCUT2D eigenvalue weighted by molar-refractivity contribution is 0.102. The van der Waals surface area contributed by atoms with E-state index < -0.39 is 0 Å². The van der Waals surface area contributed by atoms with Crippen molar-refractivity contribution in [3.05, 3.63) is 60.3 Å². The van der Waals surface area contributed by atoms with Gasteiger partial charge in [0, 0.05) is 27.7 Å².